The van der Waals surface area contributed by atoms with Gasteiger partial charge in [0.25, 0.3) is 11.8 Å². The number of hydrogen-bond donors (Lipinski definition) is 1. The lowest BCUT2D eigenvalue weighted by Gasteiger charge is -2.19. The van der Waals surface area contributed by atoms with Crippen molar-refractivity contribution in [3.05, 3.63) is 52.0 Å². The number of carbonyl (C=O) groups excluding carboxylic acids is 2. The summed E-state index contributed by atoms with van der Waals surface area (Å²) in [7, 11) is 1.51. The molecule has 6 nitrogen and oxygen atoms in total. The van der Waals surface area contributed by atoms with Crippen molar-refractivity contribution in [1.29, 1.82) is 0 Å². The van der Waals surface area contributed by atoms with Crippen LogP contribution in [0.3, 0.4) is 0 Å². The molecule has 0 aromatic heterocycles. The van der Waals surface area contributed by atoms with Crippen LogP contribution in [-0.2, 0) is 0 Å². The molecule has 1 aliphatic heterocycles. The van der Waals surface area contributed by atoms with Crippen molar-refractivity contribution in [1.82, 2.24) is 4.90 Å². The largest absolute Gasteiger partial charge is 0.493 e. The van der Waals surface area contributed by atoms with Crippen molar-refractivity contribution in [3.8, 4) is 11.5 Å². The summed E-state index contributed by atoms with van der Waals surface area (Å²) < 4.78 is 11.2. The summed E-state index contributed by atoms with van der Waals surface area (Å²) in [5.74, 6) is 1.000. The summed E-state index contributed by atoms with van der Waals surface area (Å²) in [5.41, 5.74) is 2.28. The van der Waals surface area contributed by atoms with E-state index >= 15 is 0 Å². The predicted molar refractivity (Wildman–Crippen MR) is 127 cm³/mol. The van der Waals surface area contributed by atoms with Crippen LogP contribution in [-0.4, -0.2) is 43.5 Å². The Morgan fingerprint density at radius 3 is 2.56 bits per heavy atom. The van der Waals surface area contributed by atoms with Crippen LogP contribution < -0.4 is 14.8 Å². The monoisotopic (exact) mass is 458 g/mol. The number of ether oxygens (including phenoxy) is 2. The van der Waals surface area contributed by atoms with Crippen LogP contribution in [0.4, 0.5) is 5.69 Å². The van der Waals surface area contributed by atoms with Gasteiger partial charge in [-0.1, -0.05) is 31.5 Å². The molecule has 1 fully saturated rings. The van der Waals surface area contributed by atoms with Crippen molar-refractivity contribution < 1.29 is 19.1 Å². The van der Waals surface area contributed by atoms with E-state index in [0.717, 1.165) is 37.9 Å². The average molecular weight is 459 g/mol. The van der Waals surface area contributed by atoms with Crippen molar-refractivity contribution in [2.45, 2.75) is 40.0 Å². The molecule has 7 heteroatoms. The molecule has 3 rings (SSSR count). The zero-order chi connectivity index (χ0) is 23.3. The number of hydrogen-bond acceptors (Lipinski definition) is 4. The van der Waals surface area contributed by atoms with Gasteiger partial charge in [-0.15, -0.1) is 0 Å². The van der Waals surface area contributed by atoms with Gasteiger partial charge in [0.05, 0.1) is 18.7 Å². The zero-order valence-corrected chi connectivity index (χ0v) is 19.9. The molecule has 0 radical (unpaired) electrons. The number of methoxy groups -OCH3 is 1. The topological polar surface area (TPSA) is 67.9 Å². The summed E-state index contributed by atoms with van der Waals surface area (Å²) in [6, 6.07) is 8.55. The fourth-order valence-electron chi connectivity index (χ4n) is 3.68. The first-order valence-corrected chi connectivity index (χ1v) is 11.4. The van der Waals surface area contributed by atoms with Crippen LogP contribution in [0.5, 0.6) is 11.5 Å². The molecule has 2 amide bonds. The first-order valence-electron chi connectivity index (χ1n) is 11.0. The van der Waals surface area contributed by atoms with Gasteiger partial charge in [-0.25, -0.2) is 0 Å². The van der Waals surface area contributed by atoms with E-state index in [0.29, 0.717) is 45.9 Å². The summed E-state index contributed by atoms with van der Waals surface area (Å²) in [4.78, 5) is 27.7. The van der Waals surface area contributed by atoms with E-state index in [4.69, 9.17) is 21.1 Å². The number of nitrogens with one attached hydrogen (secondary N) is 1. The Kier molecular flexibility index (Phi) is 8.02. The maximum absolute atomic E-state index is 13.0. The number of rotatable bonds is 8. The Labute approximate surface area is 194 Å². The van der Waals surface area contributed by atoms with E-state index in [1.165, 1.54) is 7.11 Å². The number of benzene rings is 2. The molecule has 0 saturated carbocycles. The highest BCUT2D eigenvalue weighted by Crippen LogP contribution is 2.37. The maximum Gasteiger partial charge on any atom is 0.255 e. The van der Waals surface area contributed by atoms with Crippen molar-refractivity contribution >= 4 is 29.1 Å². The van der Waals surface area contributed by atoms with E-state index in [1.54, 1.807) is 30.3 Å². The van der Waals surface area contributed by atoms with Crippen LogP contribution in [0.25, 0.3) is 0 Å². The summed E-state index contributed by atoms with van der Waals surface area (Å²) in [6.45, 7) is 8.14. The minimum Gasteiger partial charge on any atom is -0.493 e. The second kappa shape index (κ2) is 10.7. The highest BCUT2D eigenvalue weighted by Gasteiger charge is 2.22. The number of halogens is 1. The lowest BCUT2D eigenvalue weighted by atomic mass is 10.0. The second-order valence-electron chi connectivity index (χ2n) is 8.45. The Hall–Kier alpha value is -2.73. The third kappa shape index (κ3) is 5.54. The predicted octanol–water partition coefficient (Wildman–Crippen LogP) is 5.57. The van der Waals surface area contributed by atoms with Gasteiger partial charge in [-0.3, -0.25) is 9.59 Å². The molecule has 172 valence electrons. The highest BCUT2D eigenvalue weighted by molar-refractivity contribution is 6.32. The van der Waals surface area contributed by atoms with Gasteiger partial charge in [0, 0.05) is 29.9 Å². The molecule has 0 spiro atoms. The SMILES string of the molecule is COc1cc(C(=O)Nc2cccc(C(=O)N3CCCC3)c2C)cc(Cl)c1OCCC(C)C. The Morgan fingerprint density at radius 2 is 1.91 bits per heavy atom. The van der Waals surface area contributed by atoms with E-state index < -0.39 is 0 Å². The Morgan fingerprint density at radius 1 is 1.19 bits per heavy atom. The van der Waals surface area contributed by atoms with Crippen molar-refractivity contribution in [2.24, 2.45) is 5.92 Å². The van der Waals surface area contributed by atoms with Gasteiger partial charge in [-0.05, 0) is 61.9 Å². The van der Waals surface area contributed by atoms with Crippen molar-refractivity contribution in [3.63, 3.8) is 0 Å². The molecular formula is C25H31ClN2O4. The minimum absolute atomic E-state index is 0.00344. The fourth-order valence-corrected chi connectivity index (χ4v) is 3.94. The summed E-state index contributed by atoms with van der Waals surface area (Å²) in [6.07, 6.45) is 2.94. The molecule has 32 heavy (non-hydrogen) atoms. The third-order valence-electron chi connectivity index (χ3n) is 5.64. The number of carbonyl (C=O) groups is 2. The van der Waals surface area contributed by atoms with Crippen LogP contribution in [0.15, 0.2) is 30.3 Å². The molecule has 0 unspecified atom stereocenters. The van der Waals surface area contributed by atoms with Gasteiger partial charge in [0.1, 0.15) is 0 Å². The van der Waals surface area contributed by atoms with Crippen LogP contribution >= 0.6 is 11.6 Å². The molecule has 0 atom stereocenters. The lowest BCUT2D eigenvalue weighted by Crippen LogP contribution is -2.28. The first-order chi connectivity index (χ1) is 15.3. The van der Waals surface area contributed by atoms with Gasteiger partial charge in [0.15, 0.2) is 11.5 Å². The maximum atomic E-state index is 13.0. The molecule has 1 saturated heterocycles. The first kappa shape index (κ1) is 23.9. The average Bonchev–Trinajstić information content (AvgIpc) is 3.30. The van der Waals surface area contributed by atoms with E-state index in [-0.39, 0.29) is 11.8 Å². The summed E-state index contributed by atoms with van der Waals surface area (Å²) >= 11 is 6.41. The quantitative estimate of drug-likeness (QED) is 0.561. The Bertz CT molecular complexity index is 984. The fraction of sp³-hybridized carbons (Fsp3) is 0.440. The van der Waals surface area contributed by atoms with Gasteiger partial charge in [0.2, 0.25) is 0 Å². The number of nitrogens with zero attached hydrogens (tertiary/aromatic N) is 1. The molecular weight excluding hydrogens is 428 g/mol. The van der Waals surface area contributed by atoms with Gasteiger partial charge >= 0.3 is 0 Å². The molecule has 1 N–H and O–H groups in total. The number of amides is 2. The van der Waals surface area contributed by atoms with Crippen LogP contribution in [0.2, 0.25) is 5.02 Å². The lowest BCUT2D eigenvalue weighted by molar-refractivity contribution is 0.0791. The molecule has 2 aromatic carbocycles. The second-order valence-corrected chi connectivity index (χ2v) is 8.86. The van der Waals surface area contributed by atoms with Gasteiger partial charge in [-0.2, -0.15) is 0 Å². The minimum atomic E-state index is -0.340. The van der Waals surface area contributed by atoms with E-state index in [1.807, 2.05) is 11.8 Å². The van der Waals surface area contributed by atoms with E-state index in [2.05, 4.69) is 19.2 Å². The van der Waals surface area contributed by atoms with Crippen LogP contribution in [0, 0.1) is 12.8 Å². The molecule has 1 aliphatic rings. The standard InChI is InChI=1S/C25H31ClN2O4/c1-16(2)10-13-32-23-20(26)14-18(15-22(23)31-4)24(29)27-21-9-7-8-19(17(21)3)25(30)28-11-5-6-12-28/h7-9,14-16H,5-6,10-13H2,1-4H3,(H,27,29). The van der Waals surface area contributed by atoms with Crippen LogP contribution in [0.1, 0.15) is 59.4 Å². The number of anilines is 1. The smallest absolute Gasteiger partial charge is 0.255 e. The summed E-state index contributed by atoms with van der Waals surface area (Å²) in [5, 5.41) is 3.22. The molecule has 0 aliphatic carbocycles. The van der Waals surface area contributed by atoms with E-state index in [9.17, 15) is 9.59 Å². The highest BCUT2D eigenvalue weighted by atomic mass is 35.5. The van der Waals surface area contributed by atoms with Gasteiger partial charge < -0.3 is 19.7 Å². The molecule has 2 aromatic rings. The third-order valence-corrected chi connectivity index (χ3v) is 5.92. The molecule has 1 heterocycles. The van der Waals surface area contributed by atoms with Crippen molar-refractivity contribution in [2.75, 3.05) is 32.1 Å². The normalized spacial score (nSPS) is 13.4. The molecule has 0 bridgehead atoms. The zero-order valence-electron chi connectivity index (χ0n) is 19.2. The number of likely N-dealkylation sites (tertiary alicyclic amines) is 1. The Balaban J connectivity index is 1.79.